The standard InChI is InChI=1S/C14H20F2N2O3/c15-12(16)10-18-9-5-6-11(18)14(21)17-8-4-2-1-3-7-13(19)20/h5-6,9,12H,1-4,7-8,10H2,(H,17,21)(H,19,20). The molecule has 21 heavy (non-hydrogen) atoms. The van der Waals surface area contributed by atoms with Crippen LogP contribution in [0.5, 0.6) is 0 Å². The van der Waals surface area contributed by atoms with Gasteiger partial charge in [-0.25, -0.2) is 8.78 Å². The van der Waals surface area contributed by atoms with Crippen LogP contribution in [0.15, 0.2) is 18.3 Å². The number of rotatable bonds is 10. The van der Waals surface area contributed by atoms with E-state index in [0.717, 1.165) is 19.3 Å². The number of carboxylic acid groups (broad SMARTS) is 1. The van der Waals surface area contributed by atoms with E-state index in [1.54, 1.807) is 6.07 Å². The van der Waals surface area contributed by atoms with E-state index in [9.17, 15) is 18.4 Å². The summed E-state index contributed by atoms with van der Waals surface area (Å²) in [7, 11) is 0. The predicted octanol–water partition coefficient (Wildman–Crippen LogP) is 2.52. The Kier molecular flexibility index (Phi) is 7.42. The van der Waals surface area contributed by atoms with Crippen LogP contribution in [-0.4, -0.2) is 34.5 Å². The zero-order chi connectivity index (χ0) is 15.7. The van der Waals surface area contributed by atoms with Crippen LogP contribution >= 0.6 is 0 Å². The van der Waals surface area contributed by atoms with E-state index in [1.807, 2.05) is 0 Å². The van der Waals surface area contributed by atoms with Crippen molar-refractivity contribution in [1.82, 2.24) is 9.88 Å². The average molecular weight is 302 g/mol. The molecule has 1 aromatic rings. The Morgan fingerprint density at radius 3 is 2.62 bits per heavy atom. The number of aliphatic carboxylic acids is 1. The van der Waals surface area contributed by atoms with E-state index in [0.29, 0.717) is 13.0 Å². The lowest BCUT2D eigenvalue weighted by atomic mass is 10.1. The van der Waals surface area contributed by atoms with Crippen LogP contribution < -0.4 is 5.32 Å². The van der Waals surface area contributed by atoms with Gasteiger partial charge in [0.2, 0.25) is 0 Å². The Labute approximate surface area is 121 Å². The van der Waals surface area contributed by atoms with Crippen molar-refractivity contribution < 1.29 is 23.5 Å². The maximum Gasteiger partial charge on any atom is 0.303 e. The normalized spacial score (nSPS) is 10.8. The molecule has 7 heteroatoms. The average Bonchev–Trinajstić information content (AvgIpc) is 2.84. The zero-order valence-corrected chi connectivity index (χ0v) is 11.7. The summed E-state index contributed by atoms with van der Waals surface area (Å²) >= 11 is 0. The molecule has 5 nitrogen and oxygen atoms in total. The molecular weight excluding hydrogens is 282 g/mol. The molecule has 0 aliphatic heterocycles. The lowest BCUT2D eigenvalue weighted by Gasteiger charge is -2.09. The molecule has 0 saturated carbocycles. The molecular formula is C14H20F2N2O3. The highest BCUT2D eigenvalue weighted by Crippen LogP contribution is 2.07. The van der Waals surface area contributed by atoms with Crippen molar-refractivity contribution in [1.29, 1.82) is 0 Å². The van der Waals surface area contributed by atoms with Crippen molar-refractivity contribution in [3.05, 3.63) is 24.0 Å². The first-order valence-corrected chi connectivity index (χ1v) is 6.94. The van der Waals surface area contributed by atoms with Crippen LogP contribution in [0.25, 0.3) is 0 Å². The maximum atomic E-state index is 12.3. The smallest absolute Gasteiger partial charge is 0.303 e. The van der Waals surface area contributed by atoms with Crippen LogP contribution in [0.4, 0.5) is 8.78 Å². The van der Waals surface area contributed by atoms with Gasteiger partial charge >= 0.3 is 5.97 Å². The Bertz CT molecular complexity index is 461. The van der Waals surface area contributed by atoms with Gasteiger partial charge in [0.1, 0.15) is 5.69 Å². The van der Waals surface area contributed by atoms with Gasteiger partial charge in [-0.3, -0.25) is 9.59 Å². The van der Waals surface area contributed by atoms with Gasteiger partial charge in [-0.15, -0.1) is 0 Å². The molecule has 1 heterocycles. The lowest BCUT2D eigenvalue weighted by molar-refractivity contribution is -0.137. The number of unbranched alkanes of at least 4 members (excludes halogenated alkanes) is 3. The van der Waals surface area contributed by atoms with Crippen molar-refractivity contribution >= 4 is 11.9 Å². The summed E-state index contributed by atoms with van der Waals surface area (Å²) in [6.45, 7) is -0.0449. The van der Waals surface area contributed by atoms with Gasteiger partial charge < -0.3 is 15.0 Å². The number of nitrogens with one attached hydrogen (secondary N) is 1. The molecule has 0 bridgehead atoms. The van der Waals surface area contributed by atoms with Crippen molar-refractivity contribution in [2.45, 2.75) is 45.1 Å². The molecule has 0 aliphatic carbocycles. The predicted molar refractivity (Wildman–Crippen MR) is 73.5 cm³/mol. The summed E-state index contributed by atoms with van der Waals surface area (Å²) in [6.07, 6.45) is 2.09. The van der Waals surface area contributed by atoms with Gasteiger partial charge in [0, 0.05) is 19.2 Å². The first-order valence-electron chi connectivity index (χ1n) is 6.94. The number of hydrogen-bond acceptors (Lipinski definition) is 2. The number of amides is 1. The van der Waals surface area contributed by atoms with Crippen molar-refractivity contribution in [2.24, 2.45) is 0 Å². The summed E-state index contributed by atoms with van der Waals surface area (Å²) in [5.41, 5.74) is 0.223. The molecule has 118 valence electrons. The van der Waals surface area contributed by atoms with Crippen LogP contribution in [0, 0.1) is 0 Å². The summed E-state index contributed by atoms with van der Waals surface area (Å²) in [4.78, 5) is 22.1. The number of nitrogens with zero attached hydrogens (tertiary/aromatic N) is 1. The first kappa shape index (κ1) is 17.1. The fourth-order valence-corrected chi connectivity index (χ4v) is 1.98. The monoisotopic (exact) mass is 302 g/mol. The Hall–Kier alpha value is -1.92. The molecule has 0 aromatic carbocycles. The minimum Gasteiger partial charge on any atom is -0.481 e. The minimum absolute atomic E-state index is 0.160. The molecule has 1 amide bonds. The molecule has 0 saturated heterocycles. The number of hydrogen-bond donors (Lipinski definition) is 2. The Morgan fingerprint density at radius 2 is 1.95 bits per heavy atom. The van der Waals surface area contributed by atoms with E-state index in [-0.39, 0.29) is 18.0 Å². The fraction of sp³-hybridized carbons (Fsp3) is 0.571. The number of halogens is 2. The van der Waals surface area contributed by atoms with Crippen molar-refractivity contribution in [2.75, 3.05) is 6.54 Å². The third kappa shape index (κ3) is 6.87. The van der Waals surface area contributed by atoms with E-state index < -0.39 is 18.9 Å². The van der Waals surface area contributed by atoms with Gasteiger partial charge in [-0.2, -0.15) is 0 Å². The van der Waals surface area contributed by atoms with Crippen LogP contribution in [0.2, 0.25) is 0 Å². The lowest BCUT2D eigenvalue weighted by Crippen LogP contribution is -2.27. The van der Waals surface area contributed by atoms with Gasteiger partial charge in [0.05, 0.1) is 6.54 Å². The summed E-state index contributed by atoms with van der Waals surface area (Å²) < 4.78 is 25.9. The second-order valence-corrected chi connectivity index (χ2v) is 4.75. The Morgan fingerprint density at radius 1 is 1.24 bits per heavy atom. The van der Waals surface area contributed by atoms with Gasteiger partial charge in [0.15, 0.2) is 0 Å². The van der Waals surface area contributed by atoms with Crippen LogP contribution in [0.1, 0.15) is 42.6 Å². The number of carbonyl (C=O) groups excluding carboxylic acids is 1. The number of alkyl halides is 2. The maximum absolute atomic E-state index is 12.3. The second-order valence-electron chi connectivity index (χ2n) is 4.75. The molecule has 0 atom stereocenters. The van der Waals surface area contributed by atoms with Gasteiger partial charge in [-0.1, -0.05) is 12.8 Å². The molecule has 0 fully saturated rings. The van der Waals surface area contributed by atoms with Gasteiger partial charge in [0.25, 0.3) is 12.3 Å². The topological polar surface area (TPSA) is 71.3 Å². The highest BCUT2D eigenvalue weighted by Gasteiger charge is 2.13. The molecule has 0 radical (unpaired) electrons. The highest BCUT2D eigenvalue weighted by atomic mass is 19.3. The molecule has 0 unspecified atom stereocenters. The summed E-state index contributed by atoms with van der Waals surface area (Å²) in [5, 5.41) is 11.1. The Balaban J connectivity index is 2.22. The van der Waals surface area contributed by atoms with E-state index in [4.69, 9.17) is 5.11 Å². The summed E-state index contributed by atoms with van der Waals surface area (Å²) in [6, 6.07) is 3.06. The van der Waals surface area contributed by atoms with Crippen LogP contribution in [0.3, 0.4) is 0 Å². The van der Waals surface area contributed by atoms with Gasteiger partial charge in [-0.05, 0) is 25.0 Å². The minimum atomic E-state index is -2.50. The van der Waals surface area contributed by atoms with Crippen molar-refractivity contribution in [3.63, 3.8) is 0 Å². The molecule has 0 spiro atoms. The first-order chi connectivity index (χ1) is 10.0. The third-order valence-corrected chi connectivity index (χ3v) is 3.00. The highest BCUT2D eigenvalue weighted by molar-refractivity contribution is 5.92. The molecule has 1 rings (SSSR count). The van der Waals surface area contributed by atoms with Crippen LogP contribution in [-0.2, 0) is 11.3 Å². The molecule has 0 aliphatic rings. The molecule has 2 N–H and O–H groups in total. The van der Waals surface area contributed by atoms with Crippen molar-refractivity contribution in [3.8, 4) is 0 Å². The zero-order valence-electron chi connectivity index (χ0n) is 11.7. The second kappa shape index (κ2) is 9.10. The number of carboxylic acids is 1. The number of carbonyl (C=O) groups is 2. The van der Waals surface area contributed by atoms with E-state index in [1.165, 1.54) is 16.8 Å². The van der Waals surface area contributed by atoms with E-state index >= 15 is 0 Å². The summed E-state index contributed by atoms with van der Waals surface area (Å²) in [5.74, 6) is -1.17. The molecule has 1 aromatic heterocycles. The fourth-order valence-electron chi connectivity index (χ4n) is 1.98. The van der Waals surface area contributed by atoms with E-state index in [2.05, 4.69) is 5.32 Å². The third-order valence-electron chi connectivity index (χ3n) is 3.00. The largest absolute Gasteiger partial charge is 0.481 e. The quantitative estimate of drug-likeness (QED) is 0.652. The number of aromatic nitrogens is 1. The SMILES string of the molecule is O=C(O)CCCCCCNC(=O)c1cccn1CC(F)F.